The van der Waals surface area contributed by atoms with E-state index in [1.54, 1.807) is 0 Å². The maximum Gasteiger partial charge on any atom is 0.326 e. The average Bonchev–Trinajstić information content (AvgIpc) is 2.70. The number of aromatic nitrogens is 2. The number of primary amides is 1. The Morgan fingerprint density at radius 1 is 1.17 bits per heavy atom. The molecule has 5 N–H and O–H groups in total. The Bertz CT molecular complexity index is 1010. The smallest absolute Gasteiger partial charge is 0.326 e. The van der Waals surface area contributed by atoms with E-state index in [0.717, 1.165) is 6.33 Å². The van der Waals surface area contributed by atoms with Crippen LogP contribution in [-0.4, -0.2) is 55.6 Å². The molecule has 0 saturated heterocycles. The van der Waals surface area contributed by atoms with Gasteiger partial charge in [0.1, 0.15) is 12.4 Å². The molecule has 30 heavy (non-hydrogen) atoms. The monoisotopic (exact) mass is 439 g/mol. The summed E-state index contributed by atoms with van der Waals surface area (Å²) in [5, 5.41) is 11.9. The van der Waals surface area contributed by atoms with E-state index in [2.05, 4.69) is 20.0 Å². The van der Waals surface area contributed by atoms with Crippen LogP contribution in [0.2, 0.25) is 0 Å². The number of nitrogens with two attached hydrogens (primary N) is 1. The van der Waals surface area contributed by atoms with Crippen molar-refractivity contribution in [1.29, 1.82) is 0 Å². The largest absolute Gasteiger partial charge is 0.489 e. The van der Waals surface area contributed by atoms with Crippen molar-refractivity contribution in [3.8, 4) is 11.6 Å². The first-order chi connectivity index (χ1) is 14.2. The van der Waals surface area contributed by atoms with E-state index in [1.165, 1.54) is 38.5 Å². The number of carbonyl (C=O) groups excluding carboxylic acids is 1. The number of carboxylic acids is 1. The molecule has 2 rings (SSSR count). The number of anilines is 2. The van der Waals surface area contributed by atoms with Crippen LogP contribution in [0.3, 0.4) is 0 Å². The summed E-state index contributed by atoms with van der Waals surface area (Å²) in [6.45, 7) is 0. The molecule has 0 saturated carbocycles. The fraction of sp³-hybridized carbons (Fsp3) is 0.294. The number of hydrogen-bond acceptors (Lipinski definition) is 9. The molecule has 12 nitrogen and oxygen atoms in total. The van der Waals surface area contributed by atoms with E-state index in [9.17, 15) is 23.1 Å². The van der Waals surface area contributed by atoms with Gasteiger partial charge in [0, 0.05) is 12.1 Å². The summed E-state index contributed by atoms with van der Waals surface area (Å²) in [5.41, 5.74) is 5.40. The van der Waals surface area contributed by atoms with E-state index >= 15 is 0 Å². The van der Waals surface area contributed by atoms with Crippen molar-refractivity contribution in [3.05, 3.63) is 30.6 Å². The first kappa shape index (κ1) is 22.7. The number of amides is 1. The van der Waals surface area contributed by atoms with Crippen LogP contribution in [0.15, 0.2) is 35.5 Å². The number of nitrogens with zero attached hydrogens (tertiary/aromatic N) is 2. The number of carbonyl (C=O) groups is 2. The molecule has 0 aliphatic rings. The van der Waals surface area contributed by atoms with Crippen molar-refractivity contribution in [1.82, 2.24) is 9.97 Å². The second kappa shape index (κ2) is 9.73. The minimum absolute atomic E-state index is 0.0123. The molecule has 0 bridgehead atoms. The van der Waals surface area contributed by atoms with Gasteiger partial charge in [-0.3, -0.25) is 9.52 Å². The summed E-state index contributed by atoms with van der Waals surface area (Å²) < 4.78 is 37.7. The lowest BCUT2D eigenvalue weighted by Crippen LogP contribution is -2.30. The predicted molar refractivity (Wildman–Crippen MR) is 106 cm³/mol. The minimum atomic E-state index is -4.04. The summed E-state index contributed by atoms with van der Waals surface area (Å²) in [6.07, 6.45) is 0.997. The van der Waals surface area contributed by atoms with E-state index < -0.39 is 27.9 Å². The Balaban J connectivity index is 2.19. The number of ether oxygens (including phenoxy) is 2. The van der Waals surface area contributed by atoms with Crippen molar-refractivity contribution in [2.24, 2.45) is 5.73 Å². The molecule has 162 valence electrons. The van der Waals surface area contributed by atoms with Gasteiger partial charge in [0.25, 0.3) is 15.9 Å². The molecule has 2 aromatic rings. The third-order valence-electron chi connectivity index (χ3n) is 3.88. The van der Waals surface area contributed by atoms with Gasteiger partial charge in [-0.1, -0.05) is 0 Å². The third kappa shape index (κ3) is 5.70. The first-order valence-corrected chi connectivity index (χ1v) is 9.99. The van der Waals surface area contributed by atoms with Gasteiger partial charge in [0.05, 0.1) is 19.1 Å². The van der Waals surface area contributed by atoms with Crippen molar-refractivity contribution in [2.75, 3.05) is 24.3 Å². The molecule has 1 atom stereocenters. The summed E-state index contributed by atoms with van der Waals surface area (Å²) in [4.78, 5) is 29.8. The Labute approximate surface area is 172 Å². The molecule has 0 fully saturated rings. The van der Waals surface area contributed by atoms with E-state index in [0.29, 0.717) is 5.69 Å². The van der Waals surface area contributed by atoms with Gasteiger partial charge in [0.15, 0.2) is 5.82 Å². The highest BCUT2D eigenvalue weighted by Gasteiger charge is 2.22. The van der Waals surface area contributed by atoms with Gasteiger partial charge in [-0.2, -0.15) is 4.98 Å². The SMILES string of the molecule is COc1ncnc(NS(=O)(=O)c2ccc(N[C@H](CCC(N)=O)C(=O)O)cc2)c1OC. The van der Waals surface area contributed by atoms with Crippen LogP contribution in [-0.2, 0) is 19.6 Å². The molecule has 1 aromatic carbocycles. The van der Waals surface area contributed by atoms with E-state index in [4.69, 9.17) is 15.2 Å². The van der Waals surface area contributed by atoms with Crippen LogP contribution < -0.4 is 25.2 Å². The Kier molecular flexibility index (Phi) is 7.36. The Hall–Kier alpha value is -3.61. The molecule has 0 radical (unpaired) electrons. The summed E-state index contributed by atoms with van der Waals surface area (Å²) in [6, 6.07) is 4.29. The molecular weight excluding hydrogens is 418 g/mol. The quantitative estimate of drug-likeness (QED) is 0.383. The van der Waals surface area contributed by atoms with Crippen LogP contribution in [0, 0.1) is 0 Å². The highest BCUT2D eigenvalue weighted by molar-refractivity contribution is 7.92. The number of sulfonamides is 1. The highest BCUT2D eigenvalue weighted by atomic mass is 32.2. The van der Waals surface area contributed by atoms with Gasteiger partial charge >= 0.3 is 5.97 Å². The lowest BCUT2D eigenvalue weighted by Gasteiger charge is -2.16. The molecule has 0 spiro atoms. The third-order valence-corrected chi connectivity index (χ3v) is 5.24. The van der Waals surface area contributed by atoms with Crippen LogP contribution in [0.25, 0.3) is 0 Å². The van der Waals surface area contributed by atoms with Crippen LogP contribution in [0.1, 0.15) is 12.8 Å². The fourth-order valence-electron chi connectivity index (χ4n) is 2.42. The Morgan fingerprint density at radius 2 is 1.83 bits per heavy atom. The Morgan fingerprint density at radius 3 is 2.37 bits per heavy atom. The lowest BCUT2D eigenvalue weighted by molar-refractivity contribution is -0.138. The van der Waals surface area contributed by atoms with Crippen molar-refractivity contribution in [2.45, 2.75) is 23.8 Å². The first-order valence-electron chi connectivity index (χ1n) is 8.51. The zero-order chi connectivity index (χ0) is 22.3. The number of nitrogens with one attached hydrogen (secondary N) is 2. The van der Waals surface area contributed by atoms with Crippen molar-refractivity contribution in [3.63, 3.8) is 0 Å². The molecule has 1 heterocycles. The van der Waals surface area contributed by atoms with Gasteiger partial charge < -0.3 is 25.6 Å². The summed E-state index contributed by atoms with van der Waals surface area (Å²) in [5.74, 6) is -1.82. The zero-order valence-corrected chi connectivity index (χ0v) is 17.0. The van der Waals surface area contributed by atoms with Gasteiger partial charge in [-0.25, -0.2) is 18.2 Å². The number of hydrogen-bond donors (Lipinski definition) is 4. The van der Waals surface area contributed by atoms with E-state index in [-0.39, 0.29) is 35.2 Å². The van der Waals surface area contributed by atoms with Gasteiger partial charge in [-0.05, 0) is 30.7 Å². The molecule has 1 aromatic heterocycles. The molecule has 0 aliphatic heterocycles. The molecule has 1 amide bonds. The molecule has 0 aliphatic carbocycles. The van der Waals surface area contributed by atoms with Crippen LogP contribution in [0.5, 0.6) is 11.6 Å². The lowest BCUT2D eigenvalue weighted by atomic mass is 10.1. The minimum Gasteiger partial charge on any atom is -0.489 e. The second-order valence-electron chi connectivity index (χ2n) is 5.93. The average molecular weight is 439 g/mol. The topological polar surface area (TPSA) is 183 Å². The maximum atomic E-state index is 12.7. The van der Waals surface area contributed by atoms with Crippen molar-refractivity contribution < 1.29 is 32.6 Å². The molecule has 13 heteroatoms. The second-order valence-corrected chi connectivity index (χ2v) is 7.62. The number of benzene rings is 1. The van der Waals surface area contributed by atoms with Gasteiger partial charge in [-0.15, -0.1) is 0 Å². The number of aliphatic carboxylic acids is 1. The highest BCUT2D eigenvalue weighted by Crippen LogP contribution is 2.32. The summed E-state index contributed by atoms with van der Waals surface area (Å²) in [7, 11) is -1.37. The zero-order valence-electron chi connectivity index (χ0n) is 16.2. The number of rotatable bonds is 11. The number of methoxy groups -OCH3 is 2. The fourth-order valence-corrected chi connectivity index (χ4v) is 3.43. The standard InChI is InChI=1S/C17H21N5O7S/c1-28-14-15(19-9-20-16(14)29-2)22-30(26,27)11-5-3-10(4-6-11)21-12(17(24)25)7-8-13(18)23/h3-6,9,12,21H,7-8H2,1-2H3,(H2,18,23)(H,24,25)(H,19,20,22)/t12-/m1/s1. The normalized spacial score (nSPS) is 11.9. The molecule has 0 unspecified atom stereocenters. The number of carboxylic acid groups (broad SMARTS) is 1. The van der Waals surface area contributed by atoms with Crippen LogP contribution in [0.4, 0.5) is 11.5 Å². The van der Waals surface area contributed by atoms with Crippen molar-refractivity contribution >= 4 is 33.4 Å². The van der Waals surface area contributed by atoms with E-state index in [1.807, 2.05) is 0 Å². The predicted octanol–water partition coefficient (Wildman–Crippen LogP) is 0.425. The van der Waals surface area contributed by atoms with Crippen LogP contribution >= 0.6 is 0 Å². The molecular formula is C17H21N5O7S. The summed E-state index contributed by atoms with van der Waals surface area (Å²) >= 11 is 0. The maximum absolute atomic E-state index is 12.7. The van der Waals surface area contributed by atoms with Gasteiger partial charge in [0.2, 0.25) is 11.7 Å².